The quantitative estimate of drug-likeness (QED) is 0.544. The van der Waals surface area contributed by atoms with Gasteiger partial charge in [-0.1, -0.05) is 12.8 Å². The summed E-state index contributed by atoms with van der Waals surface area (Å²) in [6, 6.07) is 0. The molecule has 0 aromatic rings. The number of nitrogens with one attached hydrogen (secondary N) is 2. The fourth-order valence-electron chi connectivity index (χ4n) is 2.04. The summed E-state index contributed by atoms with van der Waals surface area (Å²) in [6.45, 7) is 2.83. The Bertz CT molecular complexity index is 232. The summed E-state index contributed by atoms with van der Waals surface area (Å²) in [6.07, 6.45) is 6.86. The van der Waals surface area contributed by atoms with Gasteiger partial charge in [0.1, 0.15) is 0 Å². The third kappa shape index (κ3) is 4.00. The molecule has 0 spiro atoms. The zero-order valence-corrected chi connectivity index (χ0v) is 10.2. The zero-order valence-electron chi connectivity index (χ0n) is 10.2. The van der Waals surface area contributed by atoms with E-state index in [-0.39, 0.29) is 0 Å². The Kier molecular flexibility index (Phi) is 4.45. The van der Waals surface area contributed by atoms with E-state index >= 15 is 0 Å². The predicted molar refractivity (Wildman–Crippen MR) is 65.7 cm³/mol. The first-order valence-electron chi connectivity index (χ1n) is 6.44. The van der Waals surface area contributed by atoms with Crippen LogP contribution in [-0.4, -0.2) is 38.8 Å². The second-order valence-corrected chi connectivity index (χ2v) is 4.75. The second kappa shape index (κ2) is 6.09. The van der Waals surface area contributed by atoms with Crippen LogP contribution in [0.15, 0.2) is 4.99 Å². The standard InChI is InChI=1S/C12H23N3O/c1-13-12(14-7-6-10-4-5-10)15-9-11-3-2-8-16-11/h10-11H,2-9H2,1H3,(H2,13,14,15). The summed E-state index contributed by atoms with van der Waals surface area (Å²) in [5.74, 6) is 1.89. The molecule has 1 atom stereocenters. The van der Waals surface area contributed by atoms with Crippen LogP contribution in [0.25, 0.3) is 0 Å². The highest BCUT2D eigenvalue weighted by Crippen LogP contribution is 2.31. The molecule has 1 unspecified atom stereocenters. The maximum atomic E-state index is 5.56. The summed E-state index contributed by atoms with van der Waals surface area (Å²) in [4.78, 5) is 4.21. The fourth-order valence-corrected chi connectivity index (χ4v) is 2.04. The minimum atomic E-state index is 0.377. The summed E-state index contributed by atoms with van der Waals surface area (Å²) in [7, 11) is 1.82. The first-order valence-corrected chi connectivity index (χ1v) is 6.44. The highest BCUT2D eigenvalue weighted by molar-refractivity contribution is 5.79. The molecule has 0 aromatic carbocycles. The first-order chi connectivity index (χ1) is 7.88. The molecule has 1 heterocycles. The minimum absolute atomic E-state index is 0.377. The van der Waals surface area contributed by atoms with Crippen molar-refractivity contribution in [2.75, 3.05) is 26.7 Å². The molecule has 4 nitrogen and oxygen atoms in total. The number of nitrogens with zero attached hydrogens (tertiary/aromatic N) is 1. The average Bonchev–Trinajstić information content (AvgIpc) is 2.97. The van der Waals surface area contributed by atoms with E-state index in [4.69, 9.17) is 4.74 Å². The Balaban J connectivity index is 1.56. The molecule has 92 valence electrons. The van der Waals surface area contributed by atoms with Crippen molar-refractivity contribution in [3.8, 4) is 0 Å². The van der Waals surface area contributed by atoms with Gasteiger partial charge in [-0.2, -0.15) is 0 Å². The van der Waals surface area contributed by atoms with E-state index in [2.05, 4.69) is 15.6 Å². The van der Waals surface area contributed by atoms with E-state index in [1.165, 1.54) is 32.1 Å². The van der Waals surface area contributed by atoms with Crippen molar-refractivity contribution in [3.63, 3.8) is 0 Å². The lowest BCUT2D eigenvalue weighted by Crippen LogP contribution is -2.41. The fraction of sp³-hybridized carbons (Fsp3) is 0.917. The lowest BCUT2D eigenvalue weighted by Gasteiger charge is -2.14. The molecule has 1 aliphatic carbocycles. The molecule has 2 fully saturated rings. The topological polar surface area (TPSA) is 45.7 Å². The van der Waals surface area contributed by atoms with Crippen molar-refractivity contribution in [2.24, 2.45) is 10.9 Å². The van der Waals surface area contributed by atoms with Gasteiger partial charge in [0, 0.05) is 26.7 Å². The maximum Gasteiger partial charge on any atom is 0.191 e. The van der Waals surface area contributed by atoms with Crippen molar-refractivity contribution in [3.05, 3.63) is 0 Å². The number of rotatable bonds is 5. The van der Waals surface area contributed by atoms with Gasteiger partial charge < -0.3 is 15.4 Å². The molecular formula is C12H23N3O. The monoisotopic (exact) mass is 225 g/mol. The summed E-state index contributed by atoms with van der Waals surface area (Å²) in [5, 5.41) is 6.67. The van der Waals surface area contributed by atoms with Gasteiger partial charge in [-0.05, 0) is 25.2 Å². The van der Waals surface area contributed by atoms with Gasteiger partial charge in [-0.15, -0.1) is 0 Å². The van der Waals surface area contributed by atoms with Crippen molar-refractivity contribution in [1.82, 2.24) is 10.6 Å². The molecule has 1 aliphatic heterocycles. The van der Waals surface area contributed by atoms with E-state index in [9.17, 15) is 0 Å². The lowest BCUT2D eigenvalue weighted by molar-refractivity contribution is 0.114. The number of hydrogen-bond acceptors (Lipinski definition) is 2. The highest BCUT2D eigenvalue weighted by atomic mass is 16.5. The van der Waals surface area contributed by atoms with Crippen LogP contribution in [0.3, 0.4) is 0 Å². The summed E-state index contributed by atoms with van der Waals surface area (Å²) in [5.41, 5.74) is 0. The van der Waals surface area contributed by atoms with Gasteiger partial charge in [0.2, 0.25) is 0 Å². The van der Waals surface area contributed by atoms with Gasteiger partial charge in [0.15, 0.2) is 5.96 Å². The van der Waals surface area contributed by atoms with E-state index in [0.717, 1.165) is 31.6 Å². The van der Waals surface area contributed by atoms with Crippen LogP contribution < -0.4 is 10.6 Å². The van der Waals surface area contributed by atoms with Crippen LogP contribution in [-0.2, 0) is 4.74 Å². The third-order valence-electron chi connectivity index (χ3n) is 3.29. The van der Waals surface area contributed by atoms with Crippen molar-refractivity contribution < 1.29 is 4.74 Å². The Morgan fingerprint density at radius 1 is 1.31 bits per heavy atom. The summed E-state index contributed by atoms with van der Waals surface area (Å²) >= 11 is 0. The average molecular weight is 225 g/mol. The van der Waals surface area contributed by atoms with Crippen LogP contribution in [0.2, 0.25) is 0 Å². The number of hydrogen-bond donors (Lipinski definition) is 2. The molecule has 2 N–H and O–H groups in total. The number of ether oxygens (including phenoxy) is 1. The molecule has 1 saturated carbocycles. The normalized spacial score (nSPS) is 25.8. The number of guanidine groups is 1. The Morgan fingerprint density at radius 3 is 2.81 bits per heavy atom. The minimum Gasteiger partial charge on any atom is -0.376 e. The van der Waals surface area contributed by atoms with E-state index in [1.807, 2.05) is 7.05 Å². The van der Waals surface area contributed by atoms with Crippen molar-refractivity contribution in [1.29, 1.82) is 0 Å². The smallest absolute Gasteiger partial charge is 0.191 e. The molecule has 1 saturated heterocycles. The predicted octanol–water partition coefficient (Wildman–Crippen LogP) is 1.13. The molecule has 2 rings (SSSR count). The van der Waals surface area contributed by atoms with Crippen molar-refractivity contribution in [2.45, 2.75) is 38.2 Å². The second-order valence-electron chi connectivity index (χ2n) is 4.75. The Morgan fingerprint density at radius 2 is 2.19 bits per heavy atom. The van der Waals surface area contributed by atoms with Crippen LogP contribution in [0, 0.1) is 5.92 Å². The molecule has 0 bridgehead atoms. The van der Waals surface area contributed by atoms with Crippen LogP contribution >= 0.6 is 0 Å². The van der Waals surface area contributed by atoms with E-state index in [0.29, 0.717) is 6.10 Å². The first kappa shape index (κ1) is 11.7. The summed E-state index contributed by atoms with van der Waals surface area (Å²) < 4.78 is 5.56. The van der Waals surface area contributed by atoms with Crippen LogP contribution in [0.5, 0.6) is 0 Å². The molecule has 4 heteroatoms. The molecule has 16 heavy (non-hydrogen) atoms. The SMILES string of the molecule is CN=C(NCCC1CC1)NCC1CCCO1. The molecule has 0 amide bonds. The number of aliphatic imine (C=N–C) groups is 1. The van der Waals surface area contributed by atoms with Gasteiger partial charge in [-0.25, -0.2) is 0 Å². The lowest BCUT2D eigenvalue weighted by atomic mass is 10.2. The van der Waals surface area contributed by atoms with Crippen molar-refractivity contribution >= 4 is 5.96 Å². The van der Waals surface area contributed by atoms with Gasteiger partial charge in [0.25, 0.3) is 0 Å². The van der Waals surface area contributed by atoms with E-state index < -0.39 is 0 Å². The van der Waals surface area contributed by atoms with Gasteiger partial charge in [-0.3, -0.25) is 4.99 Å². The molecule has 0 radical (unpaired) electrons. The van der Waals surface area contributed by atoms with Crippen LogP contribution in [0.4, 0.5) is 0 Å². The van der Waals surface area contributed by atoms with Gasteiger partial charge in [0.05, 0.1) is 6.10 Å². The Hall–Kier alpha value is -0.770. The largest absolute Gasteiger partial charge is 0.376 e. The van der Waals surface area contributed by atoms with Crippen LogP contribution in [0.1, 0.15) is 32.1 Å². The van der Waals surface area contributed by atoms with E-state index in [1.54, 1.807) is 0 Å². The maximum absolute atomic E-state index is 5.56. The van der Waals surface area contributed by atoms with Gasteiger partial charge >= 0.3 is 0 Å². The molecule has 0 aromatic heterocycles. The highest BCUT2D eigenvalue weighted by Gasteiger charge is 2.20. The third-order valence-corrected chi connectivity index (χ3v) is 3.29. The Labute approximate surface area is 97.9 Å². The zero-order chi connectivity index (χ0) is 11.2. The molecular weight excluding hydrogens is 202 g/mol. The molecule has 2 aliphatic rings.